The number of amides is 1. The molecule has 6 heteroatoms. The fourth-order valence-electron chi connectivity index (χ4n) is 2.83. The predicted molar refractivity (Wildman–Crippen MR) is 122 cm³/mol. The fraction of sp³-hybridized carbons (Fsp3) is 0.333. The Balaban J connectivity index is 2.08. The number of benzene rings is 2. The number of ether oxygens (including phenoxy) is 2. The van der Waals surface area contributed by atoms with Gasteiger partial charge in [0.1, 0.15) is 11.6 Å². The average Bonchev–Trinajstić information content (AvgIpc) is 2.72. The highest BCUT2D eigenvalue weighted by molar-refractivity contribution is 9.10. The van der Waals surface area contributed by atoms with Crippen LogP contribution in [-0.4, -0.2) is 25.2 Å². The molecule has 0 aliphatic rings. The van der Waals surface area contributed by atoms with Gasteiger partial charge in [0, 0.05) is 6.54 Å². The average molecular weight is 471 g/mol. The van der Waals surface area contributed by atoms with Gasteiger partial charge in [-0.25, -0.2) is 0 Å². The van der Waals surface area contributed by atoms with Gasteiger partial charge in [0.05, 0.1) is 17.2 Å². The quantitative estimate of drug-likeness (QED) is 0.290. The van der Waals surface area contributed by atoms with E-state index in [-0.39, 0.29) is 17.6 Å². The number of hydrogen-bond acceptors (Lipinski definition) is 4. The van der Waals surface area contributed by atoms with Crippen molar-refractivity contribution in [2.24, 2.45) is 0 Å². The molecule has 1 amide bonds. The first-order valence-electron chi connectivity index (χ1n) is 10.0. The van der Waals surface area contributed by atoms with E-state index in [1.54, 1.807) is 18.2 Å². The molecule has 158 valence electrons. The van der Waals surface area contributed by atoms with E-state index in [0.29, 0.717) is 34.7 Å². The molecular weight excluding hydrogens is 444 g/mol. The molecule has 2 aromatic carbocycles. The number of aryl methyl sites for hydroxylation is 1. The first kappa shape index (κ1) is 23.5. The summed E-state index contributed by atoms with van der Waals surface area (Å²) in [4.78, 5) is 12.4. The molecule has 1 N–H and O–H groups in total. The summed E-state index contributed by atoms with van der Waals surface area (Å²) in [6.45, 7) is 6.74. The third-order valence-corrected chi connectivity index (χ3v) is 4.72. The number of halogens is 1. The van der Waals surface area contributed by atoms with Gasteiger partial charge in [-0.2, -0.15) is 5.26 Å². The largest absolute Gasteiger partial charge is 0.490 e. The van der Waals surface area contributed by atoms with Crippen LogP contribution in [0.15, 0.2) is 52.5 Å². The fourth-order valence-corrected chi connectivity index (χ4v) is 3.39. The maximum Gasteiger partial charge on any atom is 0.261 e. The van der Waals surface area contributed by atoms with E-state index in [0.717, 1.165) is 12.8 Å². The van der Waals surface area contributed by atoms with Gasteiger partial charge in [0.15, 0.2) is 11.5 Å². The molecule has 5 nitrogen and oxygen atoms in total. The lowest BCUT2D eigenvalue weighted by atomic mass is 10.1. The molecule has 0 radical (unpaired) electrons. The lowest BCUT2D eigenvalue weighted by Gasteiger charge is -2.17. The van der Waals surface area contributed by atoms with Gasteiger partial charge >= 0.3 is 0 Å². The molecule has 2 rings (SSSR count). The van der Waals surface area contributed by atoms with Crippen molar-refractivity contribution >= 4 is 27.9 Å². The monoisotopic (exact) mass is 470 g/mol. The van der Waals surface area contributed by atoms with Crippen LogP contribution in [0.2, 0.25) is 0 Å². The zero-order valence-corrected chi connectivity index (χ0v) is 19.2. The standard InChI is InChI=1S/C24H27BrN2O3/c1-4-29-22-15-19(14-21(25)23(22)30-17(2)3)13-20(16-26)24(28)27-12-8-11-18-9-6-5-7-10-18/h5-7,9-10,13-15,17H,4,8,11-12H2,1-3H3,(H,27,28)/b20-13-. The van der Waals surface area contributed by atoms with Crippen LogP contribution in [0, 0.1) is 11.3 Å². The maximum atomic E-state index is 12.4. The van der Waals surface area contributed by atoms with Gasteiger partial charge < -0.3 is 14.8 Å². The molecule has 30 heavy (non-hydrogen) atoms. The number of carbonyl (C=O) groups excluding carboxylic acids is 1. The van der Waals surface area contributed by atoms with Crippen molar-refractivity contribution in [3.05, 3.63) is 63.6 Å². The lowest BCUT2D eigenvalue weighted by Crippen LogP contribution is -2.25. The first-order valence-corrected chi connectivity index (χ1v) is 10.8. The lowest BCUT2D eigenvalue weighted by molar-refractivity contribution is -0.117. The molecule has 0 aromatic heterocycles. The Hall–Kier alpha value is -2.78. The van der Waals surface area contributed by atoms with Crippen molar-refractivity contribution < 1.29 is 14.3 Å². The van der Waals surface area contributed by atoms with Gasteiger partial charge in [-0.15, -0.1) is 0 Å². The maximum absolute atomic E-state index is 12.4. The summed E-state index contributed by atoms with van der Waals surface area (Å²) in [5, 5.41) is 12.3. The number of nitrogens with one attached hydrogen (secondary N) is 1. The third-order valence-electron chi connectivity index (χ3n) is 4.13. The molecule has 0 aliphatic heterocycles. The Kier molecular flexibility index (Phi) is 9.43. The number of nitrogens with zero attached hydrogens (tertiary/aromatic N) is 1. The van der Waals surface area contributed by atoms with E-state index in [1.807, 2.05) is 45.0 Å². The smallest absolute Gasteiger partial charge is 0.261 e. The Morgan fingerprint density at radius 2 is 2.00 bits per heavy atom. The molecule has 2 aromatic rings. The van der Waals surface area contributed by atoms with Crippen LogP contribution in [0.25, 0.3) is 6.08 Å². The van der Waals surface area contributed by atoms with Crippen LogP contribution in [0.3, 0.4) is 0 Å². The highest BCUT2D eigenvalue weighted by Crippen LogP contribution is 2.38. The van der Waals surface area contributed by atoms with Crippen molar-refractivity contribution in [3.63, 3.8) is 0 Å². The van der Waals surface area contributed by atoms with Gasteiger partial charge in [-0.1, -0.05) is 30.3 Å². The summed E-state index contributed by atoms with van der Waals surface area (Å²) in [6.07, 6.45) is 3.21. The number of rotatable bonds is 10. The molecule has 0 saturated carbocycles. The molecule has 0 saturated heterocycles. The molecular formula is C24H27BrN2O3. The van der Waals surface area contributed by atoms with Gasteiger partial charge in [-0.3, -0.25) is 4.79 Å². The number of carbonyl (C=O) groups is 1. The minimum absolute atomic E-state index is 0.0155. The topological polar surface area (TPSA) is 71.3 Å². The molecule has 0 bridgehead atoms. The van der Waals surface area contributed by atoms with E-state index in [2.05, 4.69) is 33.4 Å². The second-order valence-corrected chi connectivity index (χ2v) is 7.80. The van der Waals surface area contributed by atoms with Crippen LogP contribution < -0.4 is 14.8 Å². The highest BCUT2D eigenvalue weighted by atomic mass is 79.9. The van der Waals surface area contributed by atoms with Crippen molar-refractivity contribution in [1.82, 2.24) is 5.32 Å². The predicted octanol–water partition coefficient (Wildman–Crippen LogP) is 5.29. The van der Waals surface area contributed by atoms with E-state index in [4.69, 9.17) is 9.47 Å². The van der Waals surface area contributed by atoms with Crippen molar-refractivity contribution in [1.29, 1.82) is 5.26 Å². The summed E-state index contributed by atoms with van der Waals surface area (Å²) < 4.78 is 12.2. The van der Waals surface area contributed by atoms with Crippen LogP contribution in [0.5, 0.6) is 11.5 Å². The Labute approximate surface area is 186 Å². The summed E-state index contributed by atoms with van der Waals surface area (Å²) in [6, 6.07) is 15.7. The molecule has 0 unspecified atom stereocenters. The second-order valence-electron chi connectivity index (χ2n) is 6.94. The van der Waals surface area contributed by atoms with Crippen molar-refractivity contribution in [3.8, 4) is 17.6 Å². The van der Waals surface area contributed by atoms with Crippen LogP contribution in [-0.2, 0) is 11.2 Å². The minimum atomic E-state index is -0.387. The normalized spacial score (nSPS) is 11.1. The van der Waals surface area contributed by atoms with E-state index < -0.39 is 0 Å². The van der Waals surface area contributed by atoms with Gasteiger partial charge in [0.25, 0.3) is 5.91 Å². The summed E-state index contributed by atoms with van der Waals surface area (Å²) in [5.41, 5.74) is 1.94. The Morgan fingerprint density at radius 3 is 2.63 bits per heavy atom. The molecule has 0 heterocycles. The Morgan fingerprint density at radius 1 is 1.27 bits per heavy atom. The molecule has 0 fully saturated rings. The second kappa shape index (κ2) is 12.0. The third kappa shape index (κ3) is 7.23. The van der Waals surface area contributed by atoms with E-state index in [1.165, 1.54) is 5.56 Å². The van der Waals surface area contributed by atoms with Gasteiger partial charge in [-0.05, 0) is 78.9 Å². The number of hydrogen-bond donors (Lipinski definition) is 1. The van der Waals surface area contributed by atoms with Crippen LogP contribution in [0.4, 0.5) is 0 Å². The minimum Gasteiger partial charge on any atom is -0.490 e. The molecule has 0 spiro atoms. The first-order chi connectivity index (χ1) is 14.4. The van der Waals surface area contributed by atoms with E-state index in [9.17, 15) is 10.1 Å². The Bertz CT molecular complexity index is 918. The highest BCUT2D eigenvalue weighted by Gasteiger charge is 2.15. The molecule has 0 atom stereocenters. The van der Waals surface area contributed by atoms with Crippen molar-refractivity contribution in [2.45, 2.75) is 39.7 Å². The summed E-state index contributed by atoms with van der Waals surface area (Å²) in [5.74, 6) is 0.780. The summed E-state index contributed by atoms with van der Waals surface area (Å²) in [7, 11) is 0. The van der Waals surface area contributed by atoms with Crippen LogP contribution in [0.1, 0.15) is 38.3 Å². The van der Waals surface area contributed by atoms with E-state index >= 15 is 0 Å². The zero-order valence-electron chi connectivity index (χ0n) is 17.6. The summed E-state index contributed by atoms with van der Waals surface area (Å²) >= 11 is 3.50. The number of nitriles is 1. The van der Waals surface area contributed by atoms with Crippen molar-refractivity contribution in [2.75, 3.05) is 13.2 Å². The molecule has 0 aliphatic carbocycles. The van der Waals surface area contributed by atoms with Crippen LogP contribution >= 0.6 is 15.9 Å². The SMILES string of the molecule is CCOc1cc(/C=C(/C#N)C(=O)NCCCc2ccccc2)cc(Br)c1OC(C)C. The van der Waals surface area contributed by atoms with Gasteiger partial charge in [0.2, 0.25) is 0 Å². The zero-order chi connectivity index (χ0) is 21.9.